The van der Waals surface area contributed by atoms with Crippen molar-refractivity contribution >= 4 is 23.0 Å². The molecule has 1 aromatic carbocycles. The van der Waals surface area contributed by atoms with E-state index in [1.54, 1.807) is 24.3 Å². The molecule has 1 saturated carbocycles. The Bertz CT molecular complexity index is 982. The average Bonchev–Trinajstić information content (AvgIpc) is 3.31. The van der Waals surface area contributed by atoms with Crippen molar-refractivity contribution in [3.8, 4) is 5.82 Å². The minimum atomic E-state index is -0.490. The molecule has 27 heavy (non-hydrogen) atoms. The Kier molecular flexibility index (Phi) is 4.21. The first kappa shape index (κ1) is 16.6. The number of carbonyl (C=O) groups excluding carboxylic acids is 1. The van der Waals surface area contributed by atoms with Gasteiger partial charge in [0.15, 0.2) is 5.82 Å². The molecular formula is C17H15N7O3. The van der Waals surface area contributed by atoms with Crippen molar-refractivity contribution < 1.29 is 9.72 Å². The molecule has 0 saturated heterocycles. The summed E-state index contributed by atoms with van der Waals surface area (Å²) in [5, 5.41) is 21.1. The molecule has 10 heteroatoms. The van der Waals surface area contributed by atoms with Crippen molar-refractivity contribution in [3.05, 3.63) is 64.9 Å². The molecule has 136 valence electrons. The molecule has 4 rings (SSSR count). The van der Waals surface area contributed by atoms with Gasteiger partial charge in [-0.25, -0.2) is 14.6 Å². The molecule has 0 atom stereocenters. The molecule has 2 aromatic heterocycles. The number of anilines is 2. The van der Waals surface area contributed by atoms with Gasteiger partial charge in [0.05, 0.1) is 16.8 Å². The molecule has 1 amide bonds. The molecule has 0 unspecified atom stereocenters. The highest BCUT2D eigenvalue weighted by Gasteiger charge is 2.25. The predicted molar refractivity (Wildman–Crippen MR) is 96.8 cm³/mol. The van der Waals surface area contributed by atoms with Gasteiger partial charge in [-0.3, -0.25) is 14.9 Å². The number of hydrogen-bond donors (Lipinski definition) is 2. The Morgan fingerprint density at radius 2 is 2.11 bits per heavy atom. The lowest BCUT2D eigenvalue weighted by atomic mass is 10.1. The Morgan fingerprint density at radius 3 is 2.74 bits per heavy atom. The third-order valence-corrected chi connectivity index (χ3v) is 4.05. The number of nitrogens with zero attached hydrogens (tertiary/aromatic N) is 5. The summed E-state index contributed by atoms with van der Waals surface area (Å²) in [4.78, 5) is 31.3. The summed E-state index contributed by atoms with van der Waals surface area (Å²) in [5.74, 6) is 0.100. The van der Waals surface area contributed by atoms with Gasteiger partial charge in [0.1, 0.15) is 18.3 Å². The van der Waals surface area contributed by atoms with Crippen LogP contribution in [0.1, 0.15) is 23.2 Å². The lowest BCUT2D eigenvalue weighted by Gasteiger charge is -2.09. The van der Waals surface area contributed by atoms with Gasteiger partial charge in [0.25, 0.3) is 11.6 Å². The Labute approximate surface area is 153 Å². The third kappa shape index (κ3) is 3.73. The monoisotopic (exact) mass is 365 g/mol. The summed E-state index contributed by atoms with van der Waals surface area (Å²) in [7, 11) is 0. The van der Waals surface area contributed by atoms with E-state index in [1.165, 1.54) is 29.6 Å². The minimum Gasteiger partial charge on any atom is -0.377 e. The fraction of sp³-hybridized carbons (Fsp3) is 0.176. The average molecular weight is 365 g/mol. The maximum atomic E-state index is 12.4. The number of hydrogen-bond acceptors (Lipinski definition) is 7. The first-order chi connectivity index (χ1) is 13.1. The quantitative estimate of drug-likeness (QED) is 0.507. The molecule has 0 bridgehead atoms. The topological polar surface area (TPSA) is 128 Å². The van der Waals surface area contributed by atoms with Crippen LogP contribution >= 0.6 is 0 Å². The third-order valence-electron chi connectivity index (χ3n) is 4.05. The smallest absolute Gasteiger partial charge is 0.293 e. The SMILES string of the molecule is O=C(Nc1ccc(-n2cncn2)nc1)c1ccc(NC2CC2)c([N+](=O)[O-])c1. The van der Waals surface area contributed by atoms with Crippen LogP contribution in [0.2, 0.25) is 0 Å². The zero-order chi connectivity index (χ0) is 18.8. The van der Waals surface area contributed by atoms with Crippen LogP contribution in [0.5, 0.6) is 0 Å². The second kappa shape index (κ2) is 6.83. The summed E-state index contributed by atoms with van der Waals surface area (Å²) >= 11 is 0. The number of rotatable bonds is 6. The molecule has 0 spiro atoms. The van der Waals surface area contributed by atoms with Gasteiger partial charge in [0.2, 0.25) is 0 Å². The molecule has 2 heterocycles. The predicted octanol–water partition coefficient (Wildman–Crippen LogP) is 2.40. The zero-order valence-corrected chi connectivity index (χ0v) is 14.1. The fourth-order valence-corrected chi connectivity index (χ4v) is 2.52. The van der Waals surface area contributed by atoms with Crippen molar-refractivity contribution in [2.24, 2.45) is 0 Å². The largest absolute Gasteiger partial charge is 0.377 e. The van der Waals surface area contributed by atoms with Gasteiger partial charge in [-0.15, -0.1) is 0 Å². The number of amides is 1. The van der Waals surface area contributed by atoms with Gasteiger partial charge in [0, 0.05) is 17.7 Å². The van der Waals surface area contributed by atoms with E-state index in [-0.39, 0.29) is 17.3 Å². The van der Waals surface area contributed by atoms with Gasteiger partial charge in [-0.2, -0.15) is 5.10 Å². The maximum Gasteiger partial charge on any atom is 0.293 e. The van der Waals surface area contributed by atoms with E-state index in [4.69, 9.17) is 0 Å². The Balaban J connectivity index is 1.50. The van der Waals surface area contributed by atoms with Gasteiger partial charge < -0.3 is 10.6 Å². The molecule has 1 fully saturated rings. The molecule has 1 aliphatic carbocycles. The number of nitrogens with one attached hydrogen (secondary N) is 2. The maximum absolute atomic E-state index is 12.4. The van der Waals surface area contributed by atoms with Crippen LogP contribution in [0.25, 0.3) is 5.82 Å². The highest BCUT2D eigenvalue weighted by atomic mass is 16.6. The van der Waals surface area contributed by atoms with E-state index in [0.29, 0.717) is 17.2 Å². The van der Waals surface area contributed by atoms with Crippen molar-refractivity contribution in [2.75, 3.05) is 10.6 Å². The van der Waals surface area contributed by atoms with Crippen molar-refractivity contribution in [1.82, 2.24) is 19.7 Å². The van der Waals surface area contributed by atoms with E-state index in [2.05, 4.69) is 25.7 Å². The zero-order valence-electron chi connectivity index (χ0n) is 14.1. The Morgan fingerprint density at radius 1 is 1.26 bits per heavy atom. The number of carbonyl (C=O) groups is 1. The van der Waals surface area contributed by atoms with Gasteiger partial charge in [-0.05, 0) is 37.1 Å². The highest BCUT2D eigenvalue weighted by molar-refractivity contribution is 6.05. The normalized spacial score (nSPS) is 13.2. The van der Waals surface area contributed by atoms with E-state index in [9.17, 15) is 14.9 Å². The van der Waals surface area contributed by atoms with Crippen molar-refractivity contribution in [1.29, 1.82) is 0 Å². The molecule has 2 N–H and O–H groups in total. The van der Waals surface area contributed by atoms with E-state index in [0.717, 1.165) is 12.8 Å². The van der Waals surface area contributed by atoms with Crippen LogP contribution in [-0.4, -0.2) is 36.6 Å². The summed E-state index contributed by atoms with van der Waals surface area (Å²) < 4.78 is 1.49. The highest BCUT2D eigenvalue weighted by Crippen LogP contribution is 2.31. The van der Waals surface area contributed by atoms with Crippen LogP contribution in [0.3, 0.4) is 0 Å². The molecule has 10 nitrogen and oxygen atoms in total. The molecule has 0 radical (unpaired) electrons. The molecular weight excluding hydrogens is 350 g/mol. The first-order valence-electron chi connectivity index (χ1n) is 8.27. The van der Waals surface area contributed by atoms with Crippen LogP contribution in [0.4, 0.5) is 17.1 Å². The minimum absolute atomic E-state index is 0.116. The van der Waals surface area contributed by atoms with Crippen LogP contribution in [-0.2, 0) is 0 Å². The van der Waals surface area contributed by atoms with Crippen molar-refractivity contribution in [3.63, 3.8) is 0 Å². The fourth-order valence-electron chi connectivity index (χ4n) is 2.52. The summed E-state index contributed by atoms with van der Waals surface area (Å²) in [6.07, 6.45) is 6.38. The first-order valence-corrected chi connectivity index (χ1v) is 8.27. The molecule has 0 aliphatic heterocycles. The Hall–Kier alpha value is -3.82. The van der Waals surface area contributed by atoms with Gasteiger partial charge >= 0.3 is 0 Å². The van der Waals surface area contributed by atoms with Gasteiger partial charge in [-0.1, -0.05) is 0 Å². The number of aromatic nitrogens is 4. The van der Waals surface area contributed by atoms with Crippen LogP contribution in [0.15, 0.2) is 49.2 Å². The molecule has 1 aliphatic rings. The second-order valence-corrected chi connectivity index (χ2v) is 6.11. The van der Waals surface area contributed by atoms with E-state index < -0.39 is 10.8 Å². The summed E-state index contributed by atoms with van der Waals surface area (Å²) in [6.45, 7) is 0. The number of nitro benzene ring substituents is 1. The lowest BCUT2D eigenvalue weighted by Crippen LogP contribution is -2.13. The standard InChI is InChI=1S/C17H15N7O3/c25-17(22-13-4-6-16(19-8-13)23-10-18-9-20-23)11-1-5-14(21-12-2-3-12)15(7-11)24(26)27/h1,4-10,12,21H,2-3H2,(H,22,25). The number of nitro groups is 1. The molecule has 3 aromatic rings. The van der Waals surface area contributed by atoms with E-state index in [1.807, 2.05) is 0 Å². The summed E-state index contributed by atoms with van der Waals surface area (Å²) in [5.41, 5.74) is 0.974. The van der Waals surface area contributed by atoms with Crippen LogP contribution in [0, 0.1) is 10.1 Å². The number of benzene rings is 1. The second-order valence-electron chi connectivity index (χ2n) is 6.11. The van der Waals surface area contributed by atoms with E-state index >= 15 is 0 Å². The lowest BCUT2D eigenvalue weighted by molar-refractivity contribution is -0.384. The number of pyridine rings is 1. The van der Waals surface area contributed by atoms with Crippen molar-refractivity contribution in [2.45, 2.75) is 18.9 Å². The van der Waals surface area contributed by atoms with Crippen LogP contribution < -0.4 is 10.6 Å². The summed E-state index contributed by atoms with van der Waals surface area (Å²) in [6, 6.07) is 8.02.